The Kier molecular flexibility index (Phi) is 7.73. The standard InChI is InChI=1S/C28H28N2O6S/c1-5-6-14-36-20-9-7-8-19(15-20)23(31)21-22(18-12-10-16(2)11-13-18)30(26(33)24(21)32)28-29-17(3)25(37-28)27(34)35-4/h7-13,15,22,31H,5-6,14H2,1-4H3. The molecule has 1 amide bonds. The summed E-state index contributed by atoms with van der Waals surface area (Å²) in [5.74, 6) is -2.02. The van der Waals surface area contributed by atoms with Crippen molar-refractivity contribution in [1.82, 2.24) is 4.98 Å². The fourth-order valence-corrected chi connectivity index (χ4v) is 5.10. The molecule has 4 rings (SSSR count). The van der Waals surface area contributed by atoms with Gasteiger partial charge in [-0.3, -0.25) is 14.5 Å². The number of Topliss-reactive ketones (excluding diaryl/α,β-unsaturated/α-hetero) is 1. The number of rotatable bonds is 8. The van der Waals surface area contributed by atoms with Gasteiger partial charge in [0.2, 0.25) is 0 Å². The molecule has 2 aromatic carbocycles. The number of ether oxygens (including phenoxy) is 2. The summed E-state index contributed by atoms with van der Waals surface area (Å²) in [6.07, 6.45) is 1.86. The number of aliphatic hydroxyl groups is 1. The molecule has 8 nitrogen and oxygen atoms in total. The van der Waals surface area contributed by atoms with Gasteiger partial charge in [0, 0.05) is 5.56 Å². The van der Waals surface area contributed by atoms with Crippen molar-refractivity contribution in [1.29, 1.82) is 0 Å². The van der Waals surface area contributed by atoms with E-state index in [2.05, 4.69) is 11.9 Å². The number of thiazole rings is 1. The molecule has 1 saturated heterocycles. The van der Waals surface area contributed by atoms with Crippen molar-refractivity contribution in [3.8, 4) is 5.75 Å². The van der Waals surface area contributed by atoms with E-state index in [0.29, 0.717) is 29.2 Å². The van der Waals surface area contributed by atoms with E-state index < -0.39 is 23.7 Å². The van der Waals surface area contributed by atoms with Gasteiger partial charge in [0.1, 0.15) is 16.4 Å². The maximum absolute atomic E-state index is 13.4. The van der Waals surface area contributed by atoms with Crippen molar-refractivity contribution >= 4 is 39.9 Å². The molecule has 2 heterocycles. The summed E-state index contributed by atoms with van der Waals surface area (Å²) in [4.78, 5) is 44.8. The molecule has 0 aliphatic carbocycles. The minimum atomic E-state index is -0.943. The molecule has 0 saturated carbocycles. The van der Waals surface area contributed by atoms with Crippen molar-refractivity contribution in [3.63, 3.8) is 0 Å². The molecule has 3 aromatic rings. The first-order valence-corrected chi connectivity index (χ1v) is 12.7. The van der Waals surface area contributed by atoms with Crippen molar-refractivity contribution in [2.75, 3.05) is 18.6 Å². The molecule has 0 spiro atoms. The van der Waals surface area contributed by atoms with E-state index in [-0.39, 0.29) is 21.3 Å². The molecule has 1 aromatic heterocycles. The summed E-state index contributed by atoms with van der Waals surface area (Å²) >= 11 is 0.963. The predicted molar refractivity (Wildman–Crippen MR) is 141 cm³/mol. The zero-order valence-electron chi connectivity index (χ0n) is 21.1. The minimum absolute atomic E-state index is 0.0629. The molecule has 1 aliphatic rings. The first-order chi connectivity index (χ1) is 17.8. The Labute approximate surface area is 219 Å². The van der Waals surface area contributed by atoms with Gasteiger partial charge in [0.15, 0.2) is 5.13 Å². The Balaban J connectivity index is 1.85. The van der Waals surface area contributed by atoms with E-state index >= 15 is 0 Å². The van der Waals surface area contributed by atoms with Gasteiger partial charge in [-0.2, -0.15) is 0 Å². The quantitative estimate of drug-likeness (QED) is 0.140. The number of anilines is 1. The lowest BCUT2D eigenvalue weighted by Gasteiger charge is -2.23. The summed E-state index contributed by atoms with van der Waals surface area (Å²) < 4.78 is 10.6. The van der Waals surface area contributed by atoms with E-state index in [9.17, 15) is 19.5 Å². The first kappa shape index (κ1) is 26.1. The number of hydrogen-bond donors (Lipinski definition) is 1. The number of amides is 1. The van der Waals surface area contributed by atoms with Crippen LogP contribution < -0.4 is 9.64 Å². The fourth-order valence-electron chi connectivity index (χ4n) is 4.08. The lowest BCUT2D eigenvalue weighted by atomic mass is 9.95. The summed E-state index contributed by atoms with van der Waals surface area (Å²) in [6.45, 7) is 6.15. The molecule has 0 bridgehead atoms. The highest BCUT2D eigenvalue weighted by Gasteiger charge is 2.48. The van der Waals surface area contributed by atoms with E-state index in [0.717, 1.165) is 29.7 Å². The van der Waals surface area contributed by atoms with Gasteiger partial charge in [0.25, 0.3) is 5.78 Å². The molecule has 37 heavy (non-hydrogen) atoms. The highest BCUT2D eigenvalue weighted by molar-refractivity contribution is 7.17. The number of esters is 1. The lowest BCUT2D eigenvalue weighted by molar-refractivity contribution is -0.132. The van der Waals surface area contributed by atoms with Crippen LogP contribution in [0.15, 0.2) is 54.1 Å². The van der Waals surface area contributed by atoms with E-state index in [1.165, 1.54) is 12.0 Å². The summed E-state index contributed by atoms with van der Waals surface area (Å²) in [5.41, 5.74) is 2.29. The van der Waals surface area contributed by atoms with Crippen LogP contribution in [0.4, 0.5) is 5.13 Å². The zero-order chi connectivity index (χ0) is 26.7. The number of ketones is 1. The normalized spacial score (nSPS) is 16.8. The number of carbonyl (C=O) groups is 3. The number of aromatic nitrogens is 1. The second kappa shape index (κ2) is 11.0. The smallest absolute Gasteiger partial charge is 0.350 e. The van der Waals surface area contributed by atoms with Crippen LogP contribution in [0.3, 0.4) is 0 Å². The van der Waals surface area contributed by atoms with Crippen molar-refractivity contribution in [2.45, 2.75) is 39.7 Å². The molecule has 1 fully saturated rings. The summed E-state index contributed by atoms with van der Waals surface area (Å²) in [6, 6.07) is 13.2. The van der Waals surface area contributed by atoms with Gasteiger partial charge in [-0.05, 0) is 38.0 Å². The van der Waals surface area contributed by atoms with Crippen LogP contribution in [0.5, 0.6) is 5.75 Å². The molecule has 192 valence electrons. The highest BCUT2D eigenvalue weighted by Crippen LogP contribution is 2.44. The van der Waals surface area contributed by atoms with Crippen molar-refractivity contribution < 1.29 is 29.0 Å². The monoisotopic (exact) mass is 520 g/mol. The van der Waals surface area contributed by atoms with Crippen LogP contribution in [0.2, 0.25) is 0 Å². The number of unbranched alkanes of at least 4 members (excludes halogenated alkanes) is 1. The number of aliphatic hydroxyl groups excluding tert-OH is 1. The number of carbonyl (C=O) groups excluding carboxylic acids is 3. The summed E-state index contributed by atoms with van der Waals surface area (Å²) in [5, 5.41) is 11.5. The largest absolute Gasteiger partial charge is 0.507 e. The van der Waals surface area contributed by atoms with Crippen molar-refractivity contribution in [3.05, 3.63) is 81.4 Å². The predicted octanol–water partition coefficient (Wildman–Crippen LogP) is 5.35. The average molecular weight is 521 g/mol. The molecule has 1 N–H and O–H groups in total. The Hall–Kier alpha value is -3.98. The Morgan fingerprint density at radius 2 is 1.86 bits per heavy atom. The van der Waals surface area contributed by atoms with Crippen LogP contribution in [0, 0.1) is 13.8 Å². The number of methoxy groups -OCH3 is 1. The van der Waals surface area contributed by atoms with E-state index in [1.54, 1.807) is 43.3 Å². The maximum Gasteiger partial charge on any atom is 0.350 e. The molecule has 1 aliphatic heterocycles. The van der Waals surface area contributed by atoms with Crippen LogP contribution in [-0.2, 0) is 14.3 Å². The fraction of sp³-hybridized carbons (Fsp3) is 0.286. The van der Waals surface area contributed by atoms with Gasteiger partial charge in [0.05, 0.1) is 31.0 Å². The van der Waals surface area contributed by atoms with Gasteiger partial charge in [-0.1, -0.05) is 66.6 Å². The average Bonchev–Trinajstić information content (AvgIpc) is 3.40. The first-order valence-electron chi connectivity index (χ1n) is 11.9. The minimum Gasteiger partial charge on any atom is -0.507 e. The Morgan fingerprint density at radius 1 is 1.14 bits per heavy atom. The zero-order valence-corrected chi connectivity index (χ0v) is 21.9. The topological polar surface area (TPSA) is 106 Å². The molecule has 1 unspecified atom stereocenters. The van der Waals surface area contributed by atoms with Crippen LogP contribution in [0.25, 0.3) is 5.76 Å². The van der Waals surface area contributed by atoms with Crippen LogP contribution >= 0.6 is 11.3 Å². The molecule has 9 heteroatoms. The SMILES string of the molecule is CCCCOc1cccc(C(O)=C2C(=O)C(=O)N(c3nc(C)c(C(=O)OC)s3)C2c2ccc(C)cc2)c1. The second-order valence-corrected chi connectivity index (χ2v) is 9.69. The van der Waals surface area contributed by atoms with Gasteiger partial charge in [-0.15, -0.1) is 0 Å². The van der Waals surface area contributed by atoms with Crippen molar-refractivity contribution in [2.24, 2.45) is 0 Å². The third kappa shape index (κ3) is 5.13. The van der Waals surface area contributed by atoms with E-state index in [1.807, 2.05) is 19.1 Å². The highest BCUT2D eigenvalue weighted by atomic mass is 32.1. The number of benzene rings is 2. The third-order valence-corrected chi connectivity index (χ3v) is 7.21. The van der Waals surface area contributed by atoms with Crippen LogP contribution in [-0.4, -0.2) is 41.5 Å². The molecular formula is C28H28N2O6S. The number of aryl methyl sites for hydroxylation is 2. The van der Waals surface area contributed by atoms with Gasteiger partial charge < -0.3 is 14.6 Å². The van der Waals surface area contributed by atoms with Gasteiger partial charge in [-0.25, -0.2) is 9.78 Å². The molecule has 1 atom stereocenters. The maximum atomic E-state index is 13.4. The second-order valence-electron chi connectivity index (χ2n) is 8.71. The van der Waals surface area contributed by atoms with Crippen LogP contribution in [0.1, 0.15) is 57.9 Å². The Bertz CT molecular complexity index is 1380. The number of hydrogen-bond acceptors (Lipinski definition) is 8. The molecule has 0 radical (unpaired) electrons. The Morgan fingerprint density at radius 3 is 2.54 bits per heavy atom. The number of nitrogens with zero attached hydrogens (tertiary/aromatic N) is 2. The lowest BCUT2D eigenvalue weighted by Crippen LogP contribution is -2.29. The molecular weight excluding hydrogens is 492 g/mol. The third-order valence-electron chi connectivity index (χ3n) is 6.07. The summed E-state index contributed by atoms with van der Waals surface area (Å²) in [7, 11) is 1.26. The van der Waals surface area contributed by atoms with Gasteiger partial charge >= 0.3 is 11.9 Å². The van der Waals surface area contributed by atoms with E-state index in [4.69, 9.17) is 9.47 Å².